The van der Waals surface area contributed by atoms with Crippen molar-refractivity contribution >= 4 is 17.6 Å². The molecule has 0 amide bonds. The fourth-order valence-electron chi connectivity index (χ4n) is 2.92. The van der Waals surface area contributed by atoms with Crippen molar-refractivity contribution in [3.8, 4) is 5.75 Å². The van der Waals surface area contributed by atoms with Gasteiger partial charge in [0.05, 0.1) is 12.2 Å². The summed E-state index contributed by atoms with van der Waals surface area (Å²) in [5.74, 6) is 2.77. The van der Waals surface area contributed by atoms with Gasteiger partial charge in [-0.3, -0.25) is 4.99 Å². The van der Waals surface area contributed by atoms with Crippen LogP contribution in [0.25, 0.3) is 0 Å². The number of hydrogen-bond acceptors (Lipinski definition) is 4. The number of halogens is 1. The minimum Gasteiger partial charge on any atom is -0.492 e. The Bertz CT molecular complexity index is 723. The predicted molar refractivity (Wildman–Crippen MR) is 110 cm³/mol. The summed E-state index contributed by atoms with van der Waals surface area (Å²) in [7, 11) is 2.01. The quantitative estimate of drug-likeness (QED) is 0.543. The topological polar surface area (TPSA) is 62.9 Å². The number of ether oxygens (including phenoxy) is 1. The SMILES string of the molecule is CCNC(=NCC(C)c1c(C)noc1C)N(C)CCOc1ccc(Cl)cc1. The molecular weight excluding hydrogens is 364 g/mol. The second-order valence-electron chi connectivity index (χ2n) is 6.56. The molecule has 0 aliphatic heterocycles. The van der Waals surface area contributed by atoms with Gasteiger partial charge in [-0.1, -0.05) is 23.7 Å². The van der Waals surface area contributed by atoms with Gasteiger partial charge in [-0.25, -0.2) is 0 Å². The molecule has 1 unspecified atom stereocenters. The average Bonchev–Trinajstić information content (AvgIpc) is 2.98. The highest BCUT2D eigenvalue weighted by Gasteiger charge is 2.16. The van der Waals surface area contributed by atoms with E-state index in [0.717, 1.165) is 35.3 Å². The number of benzene rings is 1. The first-order valence-corrected chi connectivity index (χ1v) is 9.60. The molecule has 7 heteroatoms. The van der Waals surface area contributed by atoms with Crippen LogP contribution in [0.5, 0.6) is 5.75 Å². The Morgan fingerprint density at radius 2 is 2.04 bits per heavy atom. The standard InChI is InChI=1S/C20H29ClN4O2/c1-6-22-20(23-13-14(2)19-15(3)24-27-16(19)4)25(5)11-12-26-18-9-7-17(21)8-10-18/h7-10,14H,6,11-13H2,1-5H3,(H,22,23). The highest BCUT2D eigenvalue weighted by molar-refractivity contribution is 6.30. The van der Waals surface area contributed by atoms with Gasteiger partial charge in [0.1, 0.15) is 18.1 Å². The Kier molecular flexibility index (Phi) is 7.98. The summed E-state index contributed by atoms with van der Waals surface area (Å²) in [5, 5.41) is 8.07. The van der Waals surface area contributed by atoms with Crippen LogP contribution >= 0.6 is 11.6 Å². The predicted octanol–water partition coefficient (Wildman–Crippen LogP) is 4.02. The van der Waals surface area contributed by atoms with E-state index in [0.29, 0.717) is 24.7 Å². The number of nitrogens with one attached hydrogen (secondary N) is 1. The van der Waals surface area contributed by atoms with Crippen molar-refractivity contribution in [1.29, 1.82) is 0 Å². The molecule has 27 heavy (non-hydrogen) atoms. The van der Waals surface area contributed by atoms with Crippen LogP contribution in [0.1, 0.15) is 36.8 Å². The molecule has 1 atom stereocenters. The van der Waals surface area contributed by atoms with Crippen LogP contribution in [-0.2, 0) is 0 Å². The molecule has 0 aliphatic carbocycles. The summed E-state index contributed by atoms with van der Waals surface area (Å²) in [6, 6.07) is 7.38. The van der Waals surface area contributed by atoms with Crippen molar-refractivity contribution in [3.63, 3.8) is 0 Å². The maximum absolute atomic E-state index is 5.89. The molecule has 0 aliphatic rings. The second kappa shape index (κ2) is 10.2. The molecule has 0 saturated heterocycles. The van der Waals surface area contributed by atoms with E-state index < -0.39 is 0 Å². The van der Waals surface area contributed by atoms with E-state index >= 15 is 0 Å². The molecule has 1 aromatic carbocycles. The molecule has 0 bridgehead atoms. The molecule has 0 spiro atoms. The third kappa shape index (κ3) is 6.17. The zero-order valence-corrected chi connectivity index (χ0v) is 17.5. The number of aliphatic imine (C=N–C) groups is 1. The van der Waals surface area contributed by atoms with Crippen LogP contribution in [0.3, 0.4) is 0 Å². The number of rotatable bonds is 8. The minimum absolute atomic E-state index is 0.239. The molecule has 6 nitrogen and oxygen atoms in total. The van der Waals surface area contributed by atoms with Crippen molar-refractivity contribution in [2.45, 2.75) is 33.6 Å². The molecule has 1 N–H and O–H groups in total. The minimum atomic E-state index is 0.239. The first-order chi connectivity index (χ1) is 12.9. The normalized spacial score (nSPS) is 12.7. The second-order valence-corrected chi connectivity index (χ2v) is 6.99. The van der Waals surface area contributed by atoms with Gasteiger partial charge in [-0.05, 0) is 45.0 Å². The summed E-state index contributed by atoms with van der Waals surface area (Å²) in [6.07, 6.45) is 0. The molecule has 2 aromatic rings. The highest BCUT2D eigenvalue weighted by Crippen LogP contribution is 2.23. The van der Waals surface area contributed by atoms with Crippen molar-refractivity contribution in [3.05, 3.63) is 46.3 Å². The van der Waals surface area contributed by atoms with Gasteiger partial charge < -0.3 is 19.5 Å². The van der Waals surface area contributed by atoms with Crippen molar-refractivity contribution in [1.82, 2.24) is 15.4 Å². The lowest BCUT2D eigenvalue weighted by molar-refractivity contribution is 0.281. The van der Waals surface area contributed by atoms with Gasteiger partial charge >= 0.3 is 0 Å². The average molecular weight is 393 g/mol. The van der Waals surface area contributed by atoms with Crippen LogP contribution in [0.2, 0.25) is 5.02 Å². The number of nitrogens with zero attached hydrogens (tertiary/aromatic N) is 3. The van der Waals surface area contributed by atoms with Crippen molar-refractivity contribution in [2.75, 3.05) is 33.3 Å². The van der Waals surface area contributed by atoms with E-state index in [1.54, 1.807) is 0 Å². The molecule has 0 saturated carbocycles. The van der Waals surface area contributed by atoms with Gasteiger partial charge in [-0.15, -0.1) is 0 Å². The maximum Gasteiger partial charge on any atom is 0.193 e. The molecule has 148 valence electrons. The third-order valence-corrected chi connectivity index (χ3v) is 4.55. The number of aromatic nitrogens is 1. The van der Waals surface area contributed by atoms with Gasteiger partial charge in [0.2, 0.25) is 0 Å². The van der Waals surface area contributed by atoms with Gasteiger partial charge in [-0.2, -0.15) is 0 Å². The Balaban J connectivity index is 1.91. The van der Waals surface area contributed by atoms with Crippen molar-refractivity contribution < 1.29 is 9.26 Å². The Hall–Kier alpha value is -2.21. The molecule has 0 radical (unpaired) electrons. The lowest BCUT2D eigenvalue weighted by Gasteiger charge is -2.22. The van der Waals surface area contributed by atoms with E-state index in [4.69, 9.17) is 25.9 Å². The van der Waals surface area contributed by atoms with Crippen molar-refractivity contribution in [2.24, 2.45) is 4.99 Å². The van der Waals surface area contributed by atoms with Crippen LogP contribution < -0.4 is 10.1 Å². The van der Waals surface area contributed by atoms with Crippen LogP contribution in [0, 0.1) is 13.8 Å². The summed E-state index contributed by atoms with van der Waals surface area (Å²) >= 11 is 5.89. The smallest absolute Gasteiger partial charge is 0.193 e. The molecule has 2 rings (SSSR count). The van der Waals surface area contributed by atoms with Gasteiger partial charge in [0.15, 0.2) is 5.96 Å². The van der Waals surface area contributed by atoms with Crippen LogP contribution in [-0.4, -0.2) is 49.3 Å². The van der Waals surface area contributed by atoms with E-state index in [-0.39, 0.29) is 5.92 Å². The van der Waals surface area contributed by atoms with Gasteiger partial charge in [0.25, 0.3) is 0 Å². The van der Waals surface area contributed by atoms with Crippen LogP contribution in [0.15, 0.2) is 33.8 Å². The Morgan fingerprint density at radius 1 is 1.33 bits per heavy atom. The van der Waals surface area contributed by atoms with E-state index in [1.807, 2.05) is 45.2 Å². The van der Waals surface area contributed by atoms with E-state index in [1.165, 1.54) is 0 Å². The highest BCUT2D eigenvalue weighted by atomic mass is 35.5. The Labute approximate surface area is 166 Å². The first-order valence-electron chi connectivity index (χ1n) is 9.23. The molecule has 0 fully saturated rings. The zero-order valence-electron chi connectivity index (χ0n) is 16.8. The third-order valence-electron chi connectivity index (χ3n) is 4.30. The number of guanidine groups is 1. The zero-order chi connectivity index (χ0) is 19.8. The van der Waals surface area contributed by atoms with Crippen LogP contribution in [0.4, 0.5) is 0 Å². The molecule has 1 aromatic heterocycles. The molecule has 1 heterocycles. The molecular formula is C20H29ClN4O2. The summed E-state index contributed by atoms with van der Waals surface area (Å²) < 4.78 is 11.0. The largest absolute Gasteiger partial charge is 0.492 e. The lowest BCUT2D eigenvalue weighted by Crippen LogP contribution is -2.41. The first kappa shape index (κ1) is 21.1. The number of aryl methyl sites for hydroxylation is 2. The van der Waals surface area contributed by atoms with E-state index in [2.05, 4.69) is 29.2 Å². The Morgan fingerprint density at radius 3 is 2.63 bits per heavy atom. The fraction of sp³-hybridized carbons (Fsp3) is 0.500. The number of likely N-dealkylation sites (N-methyl/N-ethyl adjacent to an activating group) is 1. The summed E-state index contributed by atoms with van der Waals surface area (Å²) in [6.45, 7) is 10.9. The fourth-order valence-corrected chi connectivity index (χ4v) is 3.04. The maximum atomic E-state index is 5.89. The number of hydrogen-bond donors (Lipinski definition) is 1. The monoisotopic (exact) mass is 392 g/mol. The van der Waals surface area contributed by atoms with Gasteiger partial charge in [0, 0.05) is 36.6 Å². The lowest BCUT2D eigenvalue weighted by atomic mass is 10.00. The summed E-state index contributed by atoms with van der Waals surface area (Å²) in [4.78, 5) is 6.85. The van der Waals surface area contributed by atoms with E-state index in [9.17, 15) is 0 Å². The summed E-state index contributed by atoms with van der Waals surface area (Å²) in [5.41, 5.74) is 2.08.